The molecule has 102 valence electrons. The van der Waals surface area contributed by atoms with Gasteiger partial charge in [0.1, 0.15) is 5.01 Å². The van der Waals surface area contributed by atoms with E-state index < -0.39 is 10.8 Å². The van der Waals surface area contributed by atoms with E-state index in [2.05, 4.69) is 27.8 Å². The van der Waals surface area contributed by atoms with Crippen molar-refractivity contribution in [3.8, 4) is 11.3 Å². The third-order valence-electron chi connectivity index (χ3n) is 2.71. The normalized spacial score (nSPS) is 14.2. The van der Waals surface area contributed by atoms with Crippen LogP contribution in [0.3, 0.4) is 0 Å². The average molecular weight is 294 g/mol. The van der Waals surface area contributed by atoms with Gasteiger partial charge in [-0.2, -0.15) is 0 Å². The molecule has 5 heteroatoms. The van der Waals surface area contributed by atoms with Crippen LogP contribution in [0.5, 0.6) is 0 Å². The zero-order valence-electron chi connectivity index (χ0n) is 11.1. The van der Waals surface area contributed by atoms with Crippen LogP contribution in [0.1, 0.15) is 11.9 Å². The molecule has 1 N–H and O–H groups in total. The van der Waals surface area contributed by atoms with Crippen molar-refractivity contribution in [3.63, 3.8) is 0 Å². The number of hydrogen-bond acceptors (Lipinski definition) is 4. The van der Waals surface area contributed by atoms with E-state index in [9.17, 15) is 4.21 Å². The van der Waals surface area contributed by atoms with Gasteiger partial charge < -0.3 is 5.32 Å². The summed E-state index contributed by atoms with van der Waals surface area (Å²) in [7, 11) is -0.758. The predicted octanol–water partition coefficient (Wildman–Crippen LogP) is 2.67. The molecule has 2 aromatic rings. The Labute approximate surface area is 120 Å². The first kappa shape index (κ1) is 14.4. The first-order valence-corrected chi connectivity index (χ1v) is 8.79. The molecule has 0 aliphatic carbocycles. The molecule has 1 aromatic heterocycles. The summed E-state index contributed by atoms with van der Waals surface area (Å²) in [6.45, 7) is 2.78. The van der Waals surface area contributed by atoms with Crippen LogP contribution in [-0.2, 0) is 17.3 Å². The molecule has 0 aliphatic rings. The third kappa shape index (κ3) is 4.53. The minimum Gasteiger partial charge on any atom is -0.307 e. The Kier molecular flexibility index (Phi) is 5.24. The maximum atomic E-state index is 11.1. The van der Waals surface area contributed by atoms with Crippen molar-refractivity contribution in [3.05, 3.63) is 40.7 Å². The van der Waals surface area contributed by atoms with E-state index in [1.807, 2.05) is 25.1 Å². The lowest BCUT2D eigenvalue weighted by Gasteiger charge is -2.10. The lowest BCUT2D eigenvalue weighted by Crippen LogP contribution is -2.30. The highest BCUT2D eigenvalue weighted by molar-refractivity contribution is 7.84. The van der Waals surface area contributed by atoms with Gasteiger partial charge in [-0.1, -0.05) is 30.3 Å². The van der Waals surface area contributed by atoms with Gasteiger partial charge in [-0.05, 0) is 6.92 Å². The van der Waals surface area contributed by atoms with Crippen LogP contribution >= 0.6 is 11.3 Å². The second-order valence-electron chi connectivity index (χ2n) is 4.51. The molecular formula is C14H18N2OS2. The predicted molar refractivity (Wildman–Crippen MR) is 82.8 cm³/mol. The van der Waals surface area contributed by atoms with E-state index in [0.29, 0.717) is 5.75 Å². The molecule has 3 nitrogen and oxygen atoms in total. The molecule has 0 fully saturated rings. The van der Waals surface area contributed by atoms with Crippen molar-refractivity contribution in [2.75, 3.05) is 12.0 Å². The van der Waals surface area contributed by atoms with E-state index in [1.54, 1.807) is 17.6 Å². The van der Waals surface area contributed by atoms with Gasteiger partial charge in [-0.25, -0.2) is 4.98 Å². The van der Waals surface area contributed by atoms with Crippen molar-refractivity contribution in [1.29, 1.82) is 0 Å². The van der Waals surface area contributed by atoms with E-state index in [4.69, 9.17) is 0 Å². The Morgan fingerprint density at radius 1 is 1.37 bits per heavy atom. The highest BCUT2D eigenvalue weighted by atomic mass is 32.2. The fourth-order valence-corrected chi connectivity index (χ4v) is 3.38. The molecule has 0 radical (unpaired) electrons. The largest absolute Gasteiger partial charge is 0.307 e. The Balaban J connectivity index is 1.93. The van der Waals surface area contributed by atoms with Crippen LogP contribution in [0.4, 0.5) is 0 Å². The molecule has 0 saturated heterocycles. The smallest absolute Gasteiger partial charge is 0.107 e. The molecule has 0 amide bonds. The fraction of sp³-hybridized carbons (Fsp3) is 0.357. The molecular weight excluding hydrogens is 276 g/mol. The number of rotatable bonds is 6. The quantitative estimate of drug-likeness (QED) is 0.890. The van der Waals surface area contributed by atoms with Crippen LogP contribution < -0.4 is 5.32 Å². The summed E-state index contributed by atoms with van der Waals surface area (Å²) in [6.07, 6.45) is 1.73. The molecule has 0 aliphatic heterocycles. The van der Waals surface area contributed by atoms with Crippen molar-refractivity contribution >= 4 is 22.1 Å². The van der Waals surface area contributed by atoms with Gasteiger partial charge in [0.2, 0.25) is 0 Å². The number of thiazole rings is 1. The lowest BCUT2D eigenvalue weighted by atomic mass is 10.2. The summed E-state index contributed by atoms with van der Waals surface area (Å²) in [4.78, 5) is 4.61. The number of aromatic nitrogens is 1. The molecule has 1 heterocycles. The Morgan fingerprint density at radius 3 is 2.79 bits per heavy atom. The van der Waals surface area contributed by atoms with Crippen molar-refractivity contribution in [2.24, 2.45) is 0 Å². The first-order chi connectivity index (χ1) is 9.15. The topological polar surface area (TPSA) is 42.0 Å². The molecule has 0 spiro atoms. The fourth-order valence-electron chi connectivity index (χ4n) is 1.81. The minimum absolute atomic E-state index is 0.245. The molecule has 19 heavy (non-hydrogen) atoms. The Hall–Kier alpha value is -1.04. The summed E-state index contributed by atoms with van der Waals surface area (Å²) in [6, 6.07) is 10.4. The molecule has 2 atom stereocenters. The van der Waals surface area contributed by atoms with Crippen LogP contribution in [0.2, 0.25) is 0 Å². The SMILES string of the molecule is CC(CS(C)=O)NCc1nc(-c2ccccc2)cs1. The van der Waals surface area contributed by atoms with E-state index in [-0.39, 0.29) is 6.04 Å². The minimum atomic E-state index is -0.758. The molecule has 2 unspecified atom stereocenters. The highest BCUT2D eigenvalue weighted by Gasteiger charge is 2.07. The summed E-state index contributed by atoms with van der Waals surface area (Å²) >= 11 is 1.66. The standard InChI is InChI=1S/C14H18N2OS2/c1-11(10-19(2)17)15-8-14-16-13(9-18-14)12-6-4-3-5-7-12/h3-7,9,11,15H,8,10H2,1-2H3. The molecule has 2 rings (SSSR count). The monoisotopic (exact) mass is 294 g/mol. The zero-order valence-corrected chi connectivity index (χ0v) is 12.8. The van der Waals surface area contributed by atoms with Crippen LogP contribution in [0, 0.1) is 0 Å². The van der Waals surface area contributed by atoms with Gasteiger partial charge in [-0.3, -0.25) is 4.21 Å². The summed E-state index contributed by atoms with van der Waals surface area (Å²) in [5.74, 6) is 0.677. The summed E-state index contributed by atoms with van der Waals surface area (Å²) < 4.78 is 11.1. The van der Waals surface area contributed by atoms with E-state index in [1.165, 1.54) is 0 Å². The maximum Gasteiger partial charge on any atom is 0.107 e. The van der Waals surface area contributed by atoms with Crippen molar-refractivity contribution < 1.29 is 4.21 Å². The van der Waals surface area contributed by atoms with Crippen molar-refractivity contribution in [2.45, 2.75) is 19.5 Å². The van der Waals surface area contributed by atoms with Crippen molar-refractivity contribution in [1.82, 2.24) is 10.3 Å². The van der Waals surface area contributed by atoms with Gasteiger partial charge in [0, 0.05) is 46.3 Å². The Bertz CT molecular complexity index is 539. The number of hydrogen-bond donors (Lipinski definition) is 1. The second kappa shape index (κ2) is 6.93. The molecule has 1 aromatic carbocycles. The van der Waals surface area contributed by atoms with Gasteiger partial charge in [0.25, 0.3) is 0 Å². The zero-order chi connectivity index (χ0) is 13.7. The molecule has 0 saturated carbocycles. The van der Waals surface area contributed by atoms with Gasteiger partial charge in [0.05, 0.1) is 5.69 Å². The van der Waals surface area contributed by atoms with Crippen LogP contribution in [0.25, 0.3) is 11.3 Å². The van der Waals surface area contributed by atoms with Gasteiger partial charge in [-0.15, -0.1) is 11.3 Å². The summed E-state index contributed by atoms with van der Waals surface area (Å²) in [5.41, 5.74) is 2.17. The maximum absolute atomic E-state index is 11.1. The highest BCUT2D eigenvalue weighted by Crippen LogP contribution is 2.21. The molecule has 0 bridgehead atoms. The lowest BCUT2D eigenvalue weighted by molar-refractivity contribution is 0.586. The second-order valence-corrected chi connectivity index (χ2v) is 6.94. The van der Waals surface area contributed by atoms with Crippen LogP contribution in [-0.4, -0.2) is 27.2 Å². The number of nitrogens with one attached hydrogen (secondary N) is 1. The van der Waals surface area contributed by atoms with E-state index >= 15 is 0 Å². The average Bonchev–Trinajstić information content (AvgIpc) is 2.85. The van der Waals surface area contributed by atoms with Gasteiger partial charge in [0.15, 0.2) is 0 Å². The summed E-state index contributed by atoms with van der Waals surface area (Å²) in [5, 5.41) is 6.49. The third-order valence-corrected chi connectivity index (χ3v) is 4.53. The first-order valence-electron chi connectivity index (χ1n) is 6.18. The van der Waals surface area contributed by atoms with Gasteiger partial charge >= 0.3 is 0 Å². The number of benzene rings is 1. The number of nitrogens with zero attached hydrogens (tertiary/aromatic N) is 1. The van der Waals surface area contributed by atoms with Crippen LogP contribution in [0.15, 0.2) is 35.7 Å². The van der Waals surface area contributed by atoms with E-state index in [0.717, 1.165) is 22.8 Å². The Morgan fingerprint density at radius 2 is 2.11 bits per heavy atom.